The molecule has 0 saturated heterocycles. The number of methoxy groups -OCH3 is 1. The third kappa shape index (κ3) is 9.38. The van der Waals surface area contributed by atoms with Crippen LogP contribution in [-0.4, -0.2) is 50.5 Å². The van der Waals surface area contributed by atoms with E-state index in [1.807, 2.05) is 4.72 Å². The van der Waals surface area contributed by atoms with Crippen molar-refractivity contribution in [1.82, 2.24) is 10.0 Å². The number of rotatable bonds is 14. The molecule has 3 amide bonds. The third-order valence-electron chi connectivity index (χ3n) is 6.11. The van der Waals surface area contributed by atoms with Gasteiger partial charge in [0.2, 0.25) is 5.91 Å². The first-order chi connectivity index (χ1) is 18.3. The van der Waals surface area contributed by atoms with Gasteiger partial charge in [0.15, 0.2) is 0 Å². The van der Waals surface area contributed by atoms with Gasteiger partial charge in [0.1, 0.15) is 11.1 Å². The first kappa shape index (κ1) is 31.8. The van der Waals surface area contributed by atoms with Crippen molar-refractivity contribution in [3.8, 4) is 0 Å². The van der Waals surface area contributed by atoms with Gasteiger partial charge in [0, 0.05) is 18.8 Å². The van der Waals surface area contributed by atoms with Crippen molar-refractivity contribution < 1.29 is 37.1 Å². The van der Waals surface area contributed by atoms with Gasteiger partial charge < -0.3 is 14.8 Å². The molecule has 2 rings (SSSR count). The average molecular weight is 566 g/mol. The van der Waals surface area contributed by atoms with E-state index in [9.17, 15) is 27.6 Å². The zero-order valence-electron chi connectivity index (χ0n) is 23.0. The Kier molecular flexibility index (Phi) is 11.1. The first-order valence-electron chi connectivity index (χ1n) is 12.9. The Morgan fingerprint density at radius 1 is 1.05 bits per heavy atom. The van der Waals surface area contributed by atoms with Crippen molar-refractivity contribution in [2.75, 3.05) is 11.4 Å². The van der Waals surface area contributed by atoms with E-state index in [1.54, 1.807) is 39.0 Å². The summed E-state index contributed by atoms with van der Waals surface area (Å²) >= 11 is 0. The molecule has 39 heavy (non-hydrogen) atoms. The van der Waals surface area contributed by atoms with Gasteiger partial charge in [0.25, 0.3) is 5.91 Å². The number of benzene rings is 1. The number of nitrogens with one attached hydrogen (secondary N) is 2. The van der Waals surface area contributed by atoms with Crippen LogP contribution in [-0.2, 0) is 34.1 Å². The minimum Gasteiger partial charge on any atom is -0.469 e. The standard InChI is InChI=1S/C27H39N3O8S/c1-6-20-19-27(20,28-25(34)38-26(2,3)4)24(33)29-39(35,36)30(21-15-11-10-12-16-21)22(31)17-13-8-7-9-14-18-23(32)37-5/h6,10-12,15-16,20H,1,7-9,13-14,17-19H2,2-5H3,(H,28,34)(H,29,33)/t20-,27-/m1/s1. The van der Waals surface area contributed by atoms with Crippen LogP contribution in [0.3, 0.4) is 0 Å². The molecule has 0 radical (unpaired) electrons. The fraction of sp³-hybridized carbons (Fsp3) is 0.556. The monoisotopic (exact) mass is 565 g/mol. The van der Waals surface area contributed by atoms with Gasteiger partial charge in [-0.25, -0.2) is 9.52 Å². The van der Waals surface area contributed by atoms with E-state index in [0.717, 1.165) is 12.8 Å². The van der Waals surface area contributed by atoms with Crippen LogP contribution >= 0.6 is 0 Å². The lowest BCUT2D eigenvalue weighted by atomic mass is 10.1. The predicted octanol–water partition coefficient (Wildman–Crippen LogP) is 3.75. The number of unbranched alkanes of at least 4 members (excludes halogenated alkanes) is 4. The highest BCUT2D eigenvalue weighted by atomic mass is 32.2. The largest absolute Gasteiger partial charge is 0.469 e. The molecule has 0 bridgehead atoms. The first-order valence-corrected chi connectivity index (χ1v) is 14.4. The van der Waals surface area contributed by atoms with Crippen LogP contribution in [0.15, 0.2) is 43.0 Å². The second-order valence-corrected chi connectivity index (χ2v) is 11.9. The van der Waals surface area contributed by atoms with E-state index in [-0.39, 0.29) is 24.5 Å². The molecule has 1 fully saturated rings. The number of esters is 1. The van der Waals surface area contributed by atoms with Crippen LogP contribution in [0.25, 0.3) is 0 Å². The molecule has 1 aliphatic carbocycles. The number of para-hydroxylation sites is 1. The van der Waals surface area contributed by atoms with Gasteiger partial charge in [-0.05, 0) is 52.2 Å². The highest BCUT2D eigenvalue weighted by molar-refractivity contribution is 7.92. The molecule has 1 aromatic carbocycles. The second kappa shape index (κ2) is 13.6. The molecule has 12 heteroatoms. The molecule has 2 N–H and O–H groups in total. The van der Waals surface area contributed by atoms with Gasteiger partial charge in [-0.1, -0.05) is 43.5 Å². The fourth-order valence-electron chi connectivity index (χ4n) is 4.03. The Morgan fingerprint density at radius 2 is 1.64 bits per heavy atom. The van der Waals surface area contributed by atoms with E-state index in [2.05, 4.69) is 16.6 Å². The predicted molar refractivity (Wildman–Crippen MR) is 146 cm³/mol. The van der Waals surface area contributed by atoms with Crippen LogP contribution in [0.5, 0.6) is 0 Å². The molecule has 1 saturated carbocycles. The van der Waals surface area contributed by atoms with Crippen LogP contribution < -0.4 is 14.3 Å². The Labute approximate surface area is 230 Å². The van der Waals surface area contributed by atoms with Crippen LogP contribution in [0.4, 0.5) is 10.5 Å². The fourth-order valence-corrected chi connectivity index (χ4v) is 5.30. The molecular formula is C27H39N3O8S. The van der Waals surface area contributed by atoms with Crippen molar-refractivity contribution in [3.63, 3.8) is 0 Å². The summed E-state index contributed by atoms with van der Waals surface area (Å²) in [6.45, 7) is 8.63. The zero-order chi connectivity index (χ0) is 29.3. The smallest absolute Gasteiger partial charge is 0.408 e. The van der Waals surface area contributed by atoms with Crippen LogP contribution in [0.1, 0.15) is 72.1 Å². The summed E-state index contributed by atoms with van der Waals surface area (Å²) in [6.07, 6.45) is 4.26. The number of ether oxygens (including phenoxy) is 2. The number of carbonyl (C=O) groups excluding carboxylic acids is 4. The number of hydrogen-bond acceptors (Lipinski definition) is 8. The van der Waals surface area contributed by atoms with Crippen molar-refractivity contribution in [1.29, 1.82) is 0 Å². The second-order valence-electron chi connectivity index (χ2n) is 10.4. The highest BCUT2D eigenvalue weighted by Gasteiger charge is 2.61. The molecule has 1 aliphatic rings. The molecule has 2 atom stereocenters. The van der Waals surface area contributed by atoms with Crippen molar-refractivity contribution in [2.45, 2.75) is 83.3 Å². The summed E-state index contributed by atoms with van der Waals surface area (Å²) < 4.78 is 39.2. The lowest BCUT2D eigenvalue weighted by molar-refractivity contribution is -0.140. The van der Waals surface area contributed by atoms with Crippen LogP contribution in [0, 0.1) is 5.92 Å². The van der Waals surface area contributed by atoms with Gasteiger partial charge in [-0.15, -0.1) is 6.58 Å². The topological polar surface area (TPSA) is 148 Å². The SMILES string of the molecule is C=C[C@@H]1C[C@]1(NC(=O)OC(C)(C)C)C(=O)NS(=O)(=O)N(C(=O)CCCCCCCC(=O)OC)c1ccccc1. The molecular weight excluding hydrogens is 526 g/mol. The molecule has 216 valence electrons. The van der Waals surface area contributed by atoms with Gasteiger partial charge in [-0.2, -0.15) is 12.7 Å². The molecule has 0 heterocycles. The lowest BCUT2D eigenvalue weighted by Gasteiger charge is -2.26. The summed E-state index contributed by atoms with van der Waals surface area (Å²) in [5, 5.41) is 2.48. The van der Waals surface area contributed by atoms with Crippen molar-refractivity contribution >= 4 is 39.8 Å². The molecule has 0 spiro atoms. The highest BCUT2D eigenvalue weighted by Crippen LogP contribution is 2.45. The minimum atomic E-state index is -4.68. The quantitative estimate of drug-likeness (QED) is 0.197. The molecule has 1 aromatic rings. The molecule has 0 aromatic heterocycles. The molecule has 0 unspecified atom stereocenters. The summed E-state index contributed by atoms with van der Waals surface area (Å²) in [6, 6.07) is 7.73. The van der Waals surface area contributed by atoms with E-state index >= 15 is 0 Å². The maximum Gasteiger partial charge on any atom is 0.408 e. The molecule has 11 nitrogen and oxygen atoms in total. The molecule has 0 aliphatic heterocycles. The Hall–Kier alpha value is -3.41. The number of amides is 3. The summed E-state index contributed by atoms with van der Waals surface area (Å²) in [5.74, 6) is -2.48. The van der Waals surface area contributed by atoms with Crippen molar-refractivity contribution in [3.05, 3.63) is 43.0 Å². The van der Waals surface area contributed by atoms with Crippen molar-refractivity contribution in [2.24, 2.45) is 5.92 Å². The van der Waals surface area contributed by atoms with Gasteiger partial charge in [-0.3, -0.25) is 14.4 Å². The van der Waals surface area contributed by atoms with E-state index in [4.69, 9.17) is 4.74 Å². The van der Waals surface area contributed by atoms with E-state index in [0.29, 0.717) is 30.0 Å². The minimum absolute atomic E-state index is 0.0718. The normalized spacial score (nSPS) is 18.4. The Morgan fingerprint density at radius 3 is 2.18 bits per heavy atom. The van der Waals surface area contributed by atoms with Gasteiger partial charge in [0.05, 0.1) is 12.8 Å². The zero-order valence-corrected chi connectivity index (χ0v) is 23.8. The summed E-state index contributed by atoms with van der Waals surface area (Å²) in [4.78, 5) is 49.9. The number of anilines is 1. The summed E-state index contributed by atoms with van der Waals surface area (Å²) in [5.41, 5.74) is -2.32. The van der Waals surface area contributed by atoms with Gasteiger partial charge >= 0.3 is 22.3 Å². The van der Waals surface area contributed by atoms with Crippen LogP contribution in [0.2, 0.25) is 0 Å². The number of nitrogens with zero attached hydrogens (tertiary/aromatic N) is 1. The Balaban J connectivity index is 2.10. The Bertz CT molecular complexity index is 1150. The maximum absolute atomic E-state index is 13.4. The lowest BCUT2D eigenvalue weighted by Crippen LogP contribution is -2.56. The third-order valence-corrected chi connectivity index (χ3v) is 7.45. The van der Waals surface area contributed by atoms with E-state index < -0.39 is 45.2 Å². The van der Waals surface area contributed by atoms with E-state index in [1.165, 1.54) is 25.3 Å². The number of alkyl carbamates (subject to hydrolysis) is 1. The number of carbonyl (C=O) groups is 4. The summed E-state index contributed by atoms with van der Waals surface area (Å²) in [7, 11) is -3.34. The maximum atomic E-state index is 13.4. The average Bonchev–Trinajstić information content (AvgIpc) is 3.56. The number of hydrogen-bond donors (Lipinski definition) is 2.